The number of likely N-dealkylation sites (tertiary alicyclic amines) is 3. The maximum atomic E-state index is 14.7. The maximum absolute atomic E-state index is 14.7. The molecule has 1 amide bonds. The fraction of sp³-hybridized carbons (Fsp3) is 0.605. The van der Waals surface area contributed by atoms with Gasteiger partial charge in [-0.1, -0.05) is 18.2 Å². The first kappa shape index (κ1) is 47.0. The van der Waals surface area contributed by atoms with Crippen molar-refractivity contribution in [2.75, 3.05) is 79.4 Å². The summed E-state index contributed by atoms with van der Waals surface area (Å²) in [5, 5.41) is 21.3. The Morgan fingerprint density at radius 1 is 0.875 bits per heavy atom. The molecule has 4 fully saturated rings. The Balaban J connectivity index is 1.28. The molecule has 0 bridgehead atoms. The molecule has 2 aromatic heterocycles. The number of nitrogens with zero attached hydrogens (tertiary/aromatic N) is 7. The number of anilines is 1. The Hall–Kier alpha value is -5.00. The first-order valence-corrected chi connectivity index (χ1v) is 23.3. The molecule has 0 saturated carbocycles. The van der Waals surface area contributed by atoms with Gasteiger partial charge >= 0.3 is 25.7 Å². The molecule has 6 heterocycles. The summed E-state index contributed by atoms with van der Waals surface area (Å²) in [7, 11) is 2.50. The lowest BCUT2D eigenvalue weighted by Crippen LogP contribution is -2.51. The highest BCUT2D eigenvalue weighted by molar-refractivity contribution is 7.52. The van der Waals surface area contributed by atoms with E-state index in [9.17, 15) is 29.0 Å². The number of ether oxygens (including phenoxy) is 4. The second kappa shape index (κ2) is 20.4. The van der Waals surface area contributed by atoms with Crippen LogP contribution >= 0.6 is 7.75 Å². The van der Waals surface area contributed by atoms with Gasteiger partial charge in [-0.15, -0.1) is 0 Å². The number of hydrogen-bond acceptors (Lipinski definition) is 17. The first-order chi connectivity index (χ1) is 30.7. The van der Waals surface area contributed by atoms with Crippen molar-refractivity contribution in [3.63, 3.8) is 0 Å². The standard InChI is InChI=1S/C43H58N9O11P/c1-28(40(54)58-5)48-64(57,63-32-9-7-6-8-10-32)59-26-43(25-44)37(61-42(56)31-17-23-51(4)24-18-31)36(60-41(55)30-15-21-50(3)22-16-30)35(62-43)33-11-12-34-38(45-27-46-52(33)34)47-39(53)29-13-19-49(2)20-14-29/h6-12,27-31,35-37H,13-24,26H2,1-5H3,(H,48,57)(H,45,46,47,53)/t28-,35-,36-,37-,43+,64-/m0/s1. The molecule has 6 atom stereocenters. The van der Waals surface area contributed by atoms with Crippen molar-refractivity contribution in [3.05, 3.63) is 54.5 Å². The van der Waals surface area contributed by atoms with E-state index in [4.69, 9.17) is 28.0 Å². The van der Waals surface area contributed by atoms with Gasteiger partial charge in [0.2, 0.25) is 11.5 Å². The van der Waals surface area contributed by atoms with E-state index in [2.05, 4.69) is 41.3 Å². The molecule has 346 valence electrons. The lowest BCUT2D eigenvalue weighted by Gasteiger charge is -2.33. The van der Waals surface area contributed by atoms with Crippen molar-refractivity contribution in [2.24, 2.45) is 17.8 Å². The van der Waals surface area contributed by atoms with Crippen LogP contribution in [0.3, 0.4) is 0 Å². The van der Waals surface area contributed by atoms with Crippen molar-refractivity contribution in [3.8, 4) is 11.8 Å². The van der Waals surface area contributed by atoms with Gasteiger partial charge in [0.15, 0.2) is 18.0 Å². The smallest absolute Gasteiger partial charge is 0.459 e. The molecule has 3 aromatic rings. The molecule has 64 heavy (non-hydrogen) atoms. The number of amides is 1. The quantitative estimate of drug-likeness (QED) is 0.127. The lowest BCUT2D eigenvalue weighted by molar-refractivity contribution is -0.176. The van der Waals surface area contributed by atoms with Crippen LogP contribution in [0.2, 0.25) is 0 Å². The van der Waals surface area contributed by atoms with Crippen LogP contribution in [-0.2, 0) is 47.2 Å². The SMILES string of the molecule is COC(=O)[C@H](C)N[P@](=O)(OC[C@@]1(C#N)O[C@@H](c2ccc3c(NC(=O)C4CCN(C)CC4)ncnn23)[C@H](OC(=O)C2CCN(C)CC2)[C@@H]1OC(=O)C1CCN(C)CC1)Oc1ccccc1. The van der Waals surface area contributed by atoms with Crippen molar-refractivity contribution in [1.29, 1.82) is 5.26 Å². The highest BCUT2D eigenvalue weighted by Gasteiger charge is 2.63. The highest BCUT2D eigenvalue weighted by Crippen LogP contribution is 2.50. The number of para-hydroxylation sites is 1. The number of nitriles is 1. The molecule has 4 saturated heterocycles. The van der Waals surface area contributed by atoms with Gasteiger partial charge in [0.25, 0.3) is 0 Å². The second-order valence-corrected chi connectivity index (χ2v) is 18.9. The summed E-state index contributed by atoms with van der Waals surface area (Å²) in [6.07, 6.45) is 0.140. The second-order valence-electron chi connectivity index (χ2n) is 17.2. The Bertz CT molecular complexity index is 2220. The van der Waals surface area contributed by atoms with Crippen molar-refractivity contribution >= 4 is 42.9 Å². The number of benzene rings is 1. The zero-order valence-electron chi connectivity index (χ0n) is 36.9. The number of carbonyl (C=O) groups is 4. The largest absolute Gasteiger partial charge is 0.468 e. The molecule has 1 aromatic carbocycles. The van der Waals surface area contributed by atoms with E-state index < -0.39 is 74.1 Å². The Morgan fingerprint density at radius 3 is 2.03 bits per heavy atom. The summed E-state index contributed by atoms with van der Waals surface area (Å²) in [6, 6.07) is 12.3. The number of esters is 3. The number of piperidine rings is 3. The highest BCUT2D eigenvalue weighted by atomic mass is 31.2. The normalized spacial score (nSPS) is 25.8. The zero-order valence-corrected chi connectivity index (χ0v) is 37.8. The first-order valence-electron chi connectivity index (χ1n) is 21.8. The van der Waals surface area contributed by atoms with Crippen LogP contribution < -0.4 is 14.9 Å². The van der Waals surface area contributed by atoms with Crippen LogP contribution in [0.4, 0.5) is 5.82 Å². The van der Waals surface area contributed by atoms with E-state index in [0.29, 0.717) is 70.2 Å². The van der Waals surface area contributed by atoms with Crippen molar-refractivity contribution in [2.45, 2.75) is 75.4 Å². The predicted molar refractivity (Wildman–Crippen MR) is 229 cm³/mol. The van der Waals surface area contributed by atoms with Gasteiger partial charge in [0.05, 0.1) is 24.6 Å². The summed E-state index contributed by atoms with van der Waals surface area (Å²) in [6.45, 7) is 4.64. The summed E-state index contributed by atoms with van der Waals surface area (Å²) in [4.78, 5) is 65.3. The third kappa shape index (κ3) is 10.7. The topological polar surface area (TPSA) is 228 Å². The summed E-state index contributed by atoms with van der Waals surface area (Å²) in [5.41, 5.74) is -1.65. The lowest BCUT2D eigenvalue weighted by atomic mass is 9.93. The molecule has 2 N–H and O–H groups in total. The number of nitrogens with one attached hydrogen (secondary N) is 2. The van der Waals surface area contributed by atoms with Gasteiger partial charge in [-0.2, -0.15) is 15.4 Å². The van der Waals surface area contributed by atoms with Gasteiger partial charge in [0.1, 0.15) is 42.4 Å². The molecule has 4 aliphatic heterocycles. The van der Waals surface area contributed by atoms with Gasteiger partial charge in [-0.3, -0.25) is 23.7 Å². The molecule has 0 aliphatic carbocycles. The van der Waals surface area contributed by atoms with E-state index in [1.165, 1.54) is 37.0 Å². The number of methoxy groups -OCH3 is 1. The molecule has 0 unspecified atom stereocenters. The molecule has 4 aliphatic rings. The molecule has 7 rings (SSSR count). The monoisotopic (exact) mass is 907 g/mol. The van der Waals surface area contributed by atoms with E-state index >= 15 is 0 Å². The molecular formula is C43H58N9O11P. The van der Waals surface area contributed by atoms with Crippen molar-refractivity contribution in [1.82, 2.24) is 34.4 Å². The average molecular weight is 908 g/mol. The van der Waals surface area contributed by atoms with Crippen LogP contribution in [0.1, 0.15) is 57.2 Å². The Labute approximate surface area is 372 Å². The Morgan fingerprint density at radius 2 is 1.45 bits per heavy atom. The van der Waals surface area contributed by atoms with Gasteiger partial charge in [-0.25, -0.2) is 14.1 Å². The van der Waals surface area contributed by atoms with Gasteiger partial charge in [-0.05, 0) is 130 Å². The van der Waals surface area contributed by atoms with Crippen LogP contribution in [0.25, 0.3) is 5.52 Å². The fourth-order valence-corrected chi connectivity index (χ4v) is 10.1. The number of fused-ring (bicyclic) bond motifs is 1. The van der Waals surface area contributed by atoms with E-state index in [1.807, 2.05) is 21.1 Å². The molecular weight excluding hydrogens is 849 g/mol. The minimum atomic E-state index is -4.61. The summed E-state index contributed by atoms with van der Waals surface area (Å²) < 4.78 is 52.3. The van der Waals surface area contributed by atoms with Gasteiger partial charge in [0, 0.05) is 5.92 Å². The van der Waals surface area contributed by atoms with Crippen LogP contribution in [-0.4, -0.2) is 151 Å². The number of aromatic nitrogens is 3. The zero-order chi connectivity index (χ0) is 45.6. The fourth-order valence-electron chi connectivity index (χ4n) is 8.59. The number of rotatable bonds is 15. The number of carbonyl (C=O) groups excluding carboxylic acids is 4. The van der Waals surface area contributed by atoms with Crippen molar-refractivity contribution < 1.29 is 51.7 Å². The molecule has 20 nitrogen and oxygen atoms in total. The van der Waals surface area contributed by atoms with Gasteiger partial charge < -0.3 is 43.5 Å². The number of hydrogen-bond donors (Lipinski definition) is 2. The van der Waals surface area contributed by atoms with Crippen LogP contribution in [0.15, 0.2) is 48.8 Å². The van der Waals surface area contributed by atoms with Crippen LogP contribution in [0.5, 0.6) is 5.75 Å². The third-order valence-electron chi connectivity index (χ3n) is 12.6. The van der Waals surface area contributed by atoms with E-state index in [-0.39, 0.29) is 29.1 Å². The summed E-state index contributed by atoms with van der Waals surface area (Å²) >= 11 is 0. The molecule has 0 radical (unpaired) electrons. The van der Waals surface area contributed by atoms with E-state index in [1.54, 1.807) is 30.3 Å². The van der Waals surface area contributed by atoms with E-state index in [0.717, 1.165) is 13.1 Å². The third-order valence-corrected chi connectivity index (χ3v) is 14.2. The maximum Gasteiger partial charge on any atom is 0.459 e. The molecule has 21 heteroatoms. The predicted octanol–water partition coefficient (Wildman–Crippen LogP) is 3.21. The molecule has 0 spiro atoms. The summed E-state index contributed by atoms with van der Waals surface area (Å²) in [5.74, 6) is -3.10. The minimum Gasteiger partial charge on any atom is -0.468 e. The van der Waals surface area contributed by atoms with Crippen LogP contribution in [0, 0.1) is 29.1 Å². The Kier molecular flexibility index (Phi) is 15.0. The minimum absolute atomic E-state index is 0.111. The average Bonchev–Trinajstić information content (AvgIpc) is 3.85.